The summed E-state index contributed by atoms with van der Waals surface area (Å²) in [6.45, 7) is 4.74. The van der Waals surface area contributed by atoms with Gasteiger partial charge in [0.05, 0.1) is 6.61 Å². The average molecular weight is 326 g/mol. The van der Waals surface area contributed by atoms with Gasteiger partial charge < -0.3 is 4.74 Å². The lowest BCUT2D eigenvalue weighted by Crippen LogP contribution is -2.03. The Kier molecular flexibility index (Phi) is 4.92. The van der Waals surface area contributed by atoms with Gasteiger partial charge in [0.2, 0.25) is 5.16 Å². The summed E-state index contributed by atoms with van der Waals surface area (Å²) in [7, 11) is 0. The molecule has 0 aliphatic rings. The third kappa shape index (κ3) is 3.90. The van der Waals surface area contributed by atoms with Crippen molar-refractivity contribution in [3.05, 3.63) is 53.9 Å². The van der Waals surface area contributed by atoms with E-state index in [9.17, 15) is 0 Å². The highest BCUT2D eigenvalue weighted by Gasteiger charge is 2.07. The van der Waals surface area contributed by atoms with Crippen LogP contribution in [0.15, 0.2) is 47.9 Å². The number of nitrogens with one attached hydrogen (secondary N) is 1. The summed E-state index contributed by atoms with van der Waals surface area (Å²) >= 11 is 1.57. The van der Waals surface area contributed by atoms with E-state index in [1.165, 1.54) is 0 Å². The average Bonchev–Trinajstić information content (AvgIpc) is 3.03. The predicted octanol–water partition coefficient (Wildman–Crippen LogP) is 3.65. The van der Waals surface area contributed by atoms with Crippen molar-refractivity contribution < 1.29 is 4.74 Å². The summed E-state index contributed by atoms with van der Waals surface area (Å²) in [5.41, 5.74) is 3.25. The molecular weight excluding hydrogens is 308 g/mol. The predicted molar refractivity (Wildman–Crippen MR) is 91.7 cm³/mol. The number of H-pyrrole nitrogens is 1. The molecule has 2 aromatic heterocycles. The van der Waals surface area contributed by atoms with E-state index in [2.05, 4.69) is 46.1 Å². The van der Waals surface area contributed by atoms with Crippen molar-refractivity contribution in [1.82, 2.24) is 20.2 Å². The molecule has 6 heteroatoms. The minimum Gasteiger partial charge on any atom is -0.492 e. The second-order valence-corrected chi connectivity index (χ2v) is 6.19. The Hall–Kier alpha value is -2.34. The van der Waals surface area contributed by atoms with Crippen LogP contribution in [0, 0.1) is 13.8 Å². The second kappa shape index (κ2) is 7.28. The molecule has 1 N–H and O–H groups in total. The summed E-state index contributed by atoms with van der Waals surface area (Å²) in [4.78, 5) is 8.54. The van der Waals surface area contributed by atoms with Crippen LogP contribution in [-0.4, -0.2) is 32.5 Å². The van der Waals surface area contributed by atoms with E-state index in [-0.39, 0.29) is 0 Å². The molecule has 0 radical (unpaired) electrons. The van der Waals surface area contributed by atoms with Crippen LogP contribution in [0.3, 0.4) is 0 Å². The molecule has 2 heterocycles. The molecule has 5 nitrogen and oxygen atoms in total. The Labute approximate surface area is 139 Å². The summed E-state index contributed by atoms with van der Waals surface area (Å²) in [6, 6.07) is 9.99. The van der Waals surface area contributed by atoms with Crippen molar-refractivity contribution >= 4 is 11.8 Å². The molecule has 118 valence electrons. The van der Waals surface area contributed by atoms with Gasteiger partial charge in [-0.15, -0.1) is 5.10 Å². The van der Waals surface area contributed by atoms with Crippen molar-refractivity contribution in [3.63, 3.8) is 0 Å². The number of aromatic amines is 1. The van der Waals surface area contributed by atoms with Gasteiger partial charge in [-0.05, 0) is 37.1 Å². The van der Waals surface area contributed by atoms with Crippen LogP contribution in [0.5, 0.6) is 5.75 Å². The summed E-state index contributed by atoms with van der Waals surface area (Å²) in [5, 5.41) is 7.87. The fraction of sp³-hybridized carbons (Fsp3) is 0.235. The highest BCUT2D eigenvalue weighted by atomic mass is 32.2. The first-order valence-electron chi connectivity index (χ1n) is 7.38. The maximum absolute atomic E-state index is 5.88. The lowest BCUT2D eigenvalue weighted by Gasteiger charge is -2.10. The number of thioether (sulfide) groups is 1. The first-order valence-corrected chi connectivity index (χ1v) is 8.37. The summed E-state index contributed by atoms with van der Waals surface area (Å²) < 4.78 is 5.88. The van der Waals surface area contributed by atoms with E-state index < -0.39 is 0 Å². The molecule has 0 saturated heterocycles. The van der Waals surface area contributed by atoms with Gasteiger partial charge in [0.15, 0.2) is 5.82 Å². The zero-order valence-corrected chi connectivity index (χ0v) is 13.9. The molecule has 0 saturated carbocycles. The van der Waals surface area contributed by atoms with Crippen LogP contribution < -0.4 is 4.74 Å². The van der Waals surface area contributed by atoms with Gasteiger partial charge in [0, 0.05) is 23.7 Å². The molecule has 0 atom stereocenters. The molecule has 0 fully saturated rings. The molecular formula is C17H18N4OS. The molecule has 0 amide bonds. The molecule has 1 aromatic carbocycles. The van der Waals surface area contributed by atoms with Crippen molar-refractivity contribution in [2.75, 3.05) is 12.4 Å². The highest BCUT2D eigenvalue weighted by Crippen LogP contribution is 2.23. The van der Waals surface area contributed by atoms with Crippen molar-refractivity contribution in [2.24, 2.45) is 0 Å². The number of pyridine rings is 1. The quantitative estimate of drug-likeness (QED) is 0.553. The van der Waals surface area contributed by atoms with Crippen LogP contribution >= 0.6 is 11.8 Å². The topological polar surface area (TPSA) is 63.7 Å². The number of aryl methyl sites for hydroxylation is 2. The smallest absolute Gasteiger partial charge is 0.208 e. The Balaban J connectivity index is 1.53. The lowest BCUT2D eigenvalue weighted by molar-refractivity contribution is 0.339. The van der Waals surface area contributed by atoms with Crippen molar-refractivity contribution in [3.8, 4) is 17.1 Å². The van der Waals surface area contributed by atoms with Gasteiger partial charge in [-0.2, -0.15) is 0 Å². The van der Waals surface area contributed by atoms with Crippen molar-refractivity contribution in [2.45, 2.75) is 19.0 Å². The standard InChI is InChI=1S/C17H18N4OS/c1-12-5-3-6-13(2)15(12)22-9-10-23-17-19-16(20-21-17)14-7-4-8-18-11-14/h3-8,11H,9-10H2,1-2H3,(H,19,20,21). The van der Waals surface area contributed by atoms with E-state index in [1.54, 1.807) is 24.2 Å². The minimum atomic E-state index is 0.618. The number of nitrogens with zero attached hydrogens (tertiary/aromatic N) is 3. The molecule has 3 aromatic rings. The SMILES string of the molecule is Cc1cccc(C)c1OCCSc1n[nH]c(-c2cccnc2)n1. The van der Waals surface area contributed by atoms with Gasteiger partial charge in [-0.1, -0.05) is 30.0 Å². The lowest BCUT2D eigenvalue weighted by atomic mass is 10.1. The first-order chi connectivity index (χ1) is 11.2. The molecule has 0 spiro atoms. The summed E-state index contributed by atoms with van der Waals surface area (Å²) in [6.07, 6.45) is 3.50. The third-order valence-corrected chi connectivity index (χ3v) is 4.18. The number of ether oxygens (including phenoxy) is 1. The van der Waals surface area contributed by atoms with Gasteiger partial charge in [0.1, 0.15) is 5.75 Å². The molecule has 0 aliphatic carbocycles. The zero-order chi connectivity index (χ0) is 16.1. The third-order valence-electron chi connectivity index (χ3n) is 3.37. The van der Waals surface area contributed by atoms with Crippen LogP contribution in [0.25, 0.3) is 11.4 Å². The second-order valence-electron chi connectivity index (χ2n) is 5.13. The van der Waals surface area contributed by atoms with Gasteiger partial charge >= 0.3 is 0 Å². The fourth-order valence-electron chi connectivity index (χ4n) is 2.25. The molecule has 3 rings (SSSR count). The van der Waals surface area contributed by atoms with Gasteiger partial charge in [-0.25, -0.2) is 4.98 Å². The zero-order valence-electron chi connectivity index (χ0n) is 13.1. The van der Waals surface area contributed by atoms with Crippen LogP contribution in [-0.2, 0) is 0 Å². The first kappa shape index (κ1) is 15.6. The number of aromatic nitrogens is 4. The number of benzene rings is 1. The number of para-hydroxylation sites is 1. The number of hydrogen-bond acceptors (Lipinski definition) is 5. The van der Waals surface area contributed by atoms with E-state index in [1.807, 2.05) is 18.2 Å². The Morgan fingerprint density at radius 3 is 2.70 bits per heavy atom. The molecule has 23 heavy (non-hydrogen) atoms. The van der Waals surface area contributed by atoms with Crippen molar-refractivity contribution in [1.29, 1.82) is 0 Å². The Morgan fingerprint density at radius 2 is 1.96 bits per heavy atom. The number of rotatable bonds is 6. The van der Waals surface area contributed by atoms with Gasteiger partial charge in [0.25, 0.3) is 0 Å². The Morgan fingerprint density at radius 1 is 1.13 bits per heavy atom. The van der Waals surface area contributed by atoms with Crippen LogP contribution in [0.1, 0.15) is 11.1 Å². The normalized spacial score (nSPS) is 10.7. The molecule has 0 aliphatic heterocycles. The minimum absolute atomic E-state index is 0.618. The Bertz CT molecular complexity index is 753. The van der Waals surface area contributed by atoms with E-state index in [0.717, 1.165) is 34.0 Å². The maximum Gasteiger partial charge on any atom is 0.208 e. The monoisotopic (exact) mass is 326 g/mol. The van der Waals surface area contributed by atoms with E-state index in [4.69, 9.17) is 4.74 Å². The van der Waals surface area contributed by atoms with Gasteiger partial charge in [-0.3, -0.25) is 10.1 Å². The largest absolute Gasteiger partial charge is 0.492 e. The van der Waals surface area contributed by atoms with Crippen LogP contribution in [0.2, 0.25) is 0 Å². The fourth-order valence-corrected chi connectivity index (χ4v) is 2.86. The maximum atomic E-state index is 5.88. The molecule has 0 bridgehead atoms. The molecule has 0 unspecified atom stereocenters. The van der Waals surface area contributed by atoms with Crippen LogP contribution in [0.4, 0.5) is 0 Å². The number of hydrogen-bond donors (Lipinski definition) is 1. The highest BCUT2D eigenvalue weighted by molar-refractivity contribution is 7.99. The van der Waals surface area contributed by atoms with E-state index in [0.29, 0.717) is 11.8 Å². The van der Waals surface area contributed by atoms with E-state index >= 15 is 0 Å². The summed E-state index contributed by atoms with van der Waals surface area (Å²) in [5.74, 6) is 2.49.